The fraction of sp³-hybridized carbons (Fsp3) is 0.824. The first kappa shape index (κ1) is 16.2. The molecule has 21 heavy (non-hydrogen) atoms. The number of carbonyl (C=O) groups is 1. The van der Waals surface area contributed by atoms with E-state index in [0.717, 1.165) is 38.8 Å². The maximum Gasteiger partial charge on any atom is 0.410 e. The number of likely N-dealkylation sites (tertiary alicyclic amines) is 1. The zero-order chi connectivity index (χ0) is 15.7. The molecule has 1 aliphatic heterocycles. The summed E-state index contributed by atoms with van der Waals surface area (Å²) in [6.45, 7) is 8.95. The fourth-order valence-corrected chi connectivity index (χ4v) is 3.22. The van der Waals surface area contributed by atoms with Gasteiger partial charge in [-0.1, -0.05) is 11.8 Å². The van der Waals surface area contributed by atoms with Crippen molar-refractivity contribution in [3.8, 4) is 11.8 Å². The number of carbonyl (C=O) groups excluding carboxylic acids is 1. The Hall–Kier alpha value is -1.21. The molecule has 1 aliphatic carbocycles. The van der Waals surface area contributed by atoms with Gasteiger partial charge in [0.1, 0.15) is 11.7 Å². The van der Waals surface area contributed by atoms with Crippen LogP contribution >= 0.6 is 0 Å². The van der Waals surface area contributed by atoms with Crippen molar-refractivity contribution in [1.82, 2.24) is 4.90 Å². The molecular formula is C17H27NO3. The van der Waals surface area contributed by atoms with Crippen LogP contribution in [0, 0.1) is 23.2 Å². The summed E-state index contributed by atoms with van der Waals surface area (Å²) in [6.07, 6.45) is 3.57. The number of nitrogens with zero attached hydrogens (tertiary/aromatic N) is 1. The molecule has 4 nitrogen and oxygen atoms in total. The van der Waals surface area contributed by atoms with E-state index in [0.29, 0.717) is 11.3 Å². The van der Waals surface area contributed by atoms with Crippen LogP contribution < -0.4 is 0 Å². The number of piperidine rings is 1. The van der Waals surface area contributed by atoms with Gasteiger partial charge in [-0.25, -0.2) is 4.79 Å². The molecule has 0 unspecified atom stereocenters. The summed E-state index contributed by atoms with van der Waals surface area (Å²) in [5.41, 5.74) is -0.0546. The number of aliphatic hydroxyl groups is 1. The van der Waals surface area contributed by atoms with Crippen molar-refractivity contribution >= 4 is 6.09 Å². The Kier molecular flexibility index (Phi) is 4.53. The van der Waals surface area contributed by atoms with E-state index in [2.05, 4.69) is 11.8 Å². The Morgan fingerprint density at radius 2 is 1.90 bits per heavy atom. The van der Waals surface area contributed by atoms with E-state index in [9.17, 15) is 9.90 Å². The molecule has 1 heterocycles. The summed E-state index contributed by atoms with van der Waals surface area (Å²) in [6, 6.07) is 0. The lowest BCUT2D eigenvalue weighted by molar-refractivity contribution is -0.0158. The Morgan fingerprint density at radius 1 is 1.33 bits per heavy atom. The molecule has 0 aromatic heterocycles. The molecule has 2 aliphatic rings. The van der Waals surface area contributed by atoms with Crippen LogP contribution in [-0.2, 0) is 4.74 Å². The van der Waals surface area contributed by atoms with Gasteiger partial charge in [0.05, 0.1) is 0 Å². The fourth-order valence-electron chi connectivity index (χ4n) is 3.22. The Morgan fingerprint density at radius 3 is 2.38 bits per heavy atom. The van der Waals surface area contributed by atoms with Gasteiger partial charge in [0.15, 0.2) is 0 Å². The van der Waals surface area contributed by atoms with Crippen molar-refractivity contribution in [2.24, 2.45) is 11.3 Å². The average molecular weight is 293 g/mol. The maximum absolute atomic E-state index is 12.0. The zero-order valence-electron chi connectivity index (χ0n) is 13.6. The summed E-state index contributed by atoms with van der Waals surface area (Å²) in [5, 5.41) is 9.18. The minimum absolute atomic E-state index is 0.192. The number of amides is 1. The second kappa shape index (κ2) is 5.88. The van der Waals surface area contributed by atoms with Crippen LogP contribution in [0.4, 0.5) is 4.79 Å². The Balaban J connectivity index is 1.78. The minimum Gasteiger partial charge on any atom is -0.444 e. The largest absolute Gasteiger partial charge is 0.444 e. The third kappa shape index (κ3) is 4.38. The summed E-state index contributed by atoms with van der Waals surface area (Å²) < 4.78 is 5.42. The third-order valence-corrected chi connectivity index (χ3v) is 4.33. The van der Waals surface area contributed by atoms with Crippen LogP contribution in [0.15, 0.2) is 0 Å². The predicted molar refractivity (Wildman–Crippen MR) is 81.7 cm³/mol. The highest BCUT2D eigenvalue weighted by atomic mass is 16.6. The Labute approximate surface area is 127 Å². The van der Waals surface area contributed by atoms with Gasteiger partial charge in [-0.15, -0.1) is 0 Å². The molecule has 118 valence electrons. The van der Waals surface area contributed by atoms with Crippen LogP contribution in [0.3, 0.4) is 0 Å². The minimum atomic E-state index is -0.532. The lowest BCUT2D eigenvalue weighted by Crippen LogP contribution is -2.49. The summed E-state index contributed by atoms with van der Waals surface area (Å²) in [7, 11) is 0. The first-order valence-electron chi connectivity index (χ1n) is 7.86. The molecule has 0 aromatic carbocycles. The monoisotopic (exact) mass is 293 g/mol. The SMILES string of the molecule is C[C@H](O)C#CC1CC2(CCN(C(=O)OC(C)(C)C)CC2)C1. The topological polar surface area (TPSA) is 49.8 Å². The molecule has 1 N–H and O–H groups in total. The van der Waals surface area contributed by atoms with Gasteiger partial charge in [-0.05, 0) is 58.8 Å². The van der Waals surface area contributed by atoms with E-state index in [4.69, 9.17) is 4.74 Å². The van der Waals surface area contributed by atoms with Crippen molar-refractivity contribution in [2.75, 3.05) is 13.1 Å². The van der Waals surface area contributed by atoms with Crippen LogP contribution in [0.5, 0.6) is 0 Å². The third-order valence-electron chi connectivity index (χ3n) is 4.33. The average Bonchev–Trinajstić information content (AvgIpc) is 2.32. The second-order valence-electron chi connectivity index (χ2n) is 7.54. The first-order chi connectivity index (χ1) is 9.69. The molecule has 4 heteroatoms. The lowest BCUT2D eigenvalue weighted by atomic mass is 9.58. The van der Waals surface area contributed by atoms with Gasteiger partial charge in [-0.3, -0.25) is 0 Å². The highest BCUT2D eigenvalue weighted by Gasteiger charge is 2.46. The number of hydrogen-bond donors (Lipinski definition) is 1. The second-order valence-corrected chi connectivity index (χ2v) is 7.54. The normalized spacial score (nSPS) is 23.0. The summed E-state index contributed by atoms with van der Waals surface area (Å²) in [4.78, 5) is 13.9. The molecule has 0 aromatic rings. The highest BCUT2D eigenvalue weighted by Crippen LogP contribution is 2.52. The van der Waals surface area contributed by atoms with E-state index in [1.807, 2.05) is 25.7 Å². The van der Waals surface area contributed by atoms with Crippen LogP contribution in [0.2, 0.25) is 0 Å². The van der Waals surface area contributed by atoms with E-state index >= 15 is 0 Å². The predicted octanol–water partition coefficient (Wildman–Crippen LogP) is 2.80. The first-order valence-corrected chi connectivity index (χ1v) is 7.86. The summed E-state index contributed by atoms with van der Waals surface area (Å²) >= 11 is 0. The molecule has 0 radical (unpaired) electrons. The van der Waals surface area contributed by atoms with Crippen molar-refractivity contribution in [3.05, 3.63) is 0 Å². The summed E-state index contributed by atoms with van der Waals surface area (Å²) in [5.74, 6) is 6.42. The van der Waals surface area contributed by atoms with E-state index in [1.54, 1.807) is 6.92 Å². The molecule has 1 amide bonds. The van der Waals surface area contributed by atoms with Gasteiger partial charge in [0.2, 0.25) is 0 Å². The van der Waals surface area contributed by atoms with Crippen LogP contribution in [-0.4, -0.2) is 40.9 Å². The molecule has 0 bridgehead atoms. The maximum atomic E-state index is 12.0. The van der Waals surface area contributed by atoms with Crippen molar-refractivity contribution in [3.63, 3.8) is 0 Å². The van der Waals surface area contributed by atoms with Gasteiger partial charge in [0.25, 0.3) is 0 Å². The Bertz CT molecular complexity index is 437. The van der Waals surface area contributed by atoms with Crippen molar-refractivity contribution < 1.29 is 14.6 Å². The number of aliphatic hydroxyl groups excluding tert-OH is 1. The van der Waals surface area contributed by atoms with Crippen LogP contribution in [0.1, 0.15) is 53.4 Å². The number of ether oxygens (including phenoxy) is 1. The van der Waals surface area contributed by atoms with Gasteiger partial charge >= 0.3 is 6.09 Å². The quantitative estimate of drug-likeness (QED) is 0.699. The standard InChI is InChI=1S/C17H27NO3/c1-13(19)5-6-14-11-17(12-14)7-9-18(10-8-17)15(20)21-16(2,3)4/h13-14,19H,7-12H2,1-4H3/t13-/m0/s1. The van der Waals surface area contributed by atoms with Gasteiger partial charge in [0, 0.05) is 19.0 Å². The van der Waals surface area contributed by atoms with E-state index in [-0.39, 0.29) is 6.09 Å². The number of hydrogen-bond acceptors (Lipinski definition) is 3. The lowest BCUT2D eigenvalue weighted by Gasteiger charge is -2.50. The molecule has 1 spiro atoms. The van der Waals surface area contributed by atoms with E-state index < -0.39 is 11.7 Å². The zero-order valence-corrected chi connectivity index (χ0v) is 13.6. The molecule has 1 atom stereocenters. The number of rotatable bonds is 0. The smallest absolute Gasteiger partial charge is 0.410 e. The highest BCUT2D eigenvalue weighted by molar-refractivity contribution is 5.68. The van der Waals surface area contributed by atoms with Gasteiger partial charge in [-0.2, -0.15) is 0 Å². The molecular weight excluding hydrogens is 266 g/mol. The van der Waals surface area contributed by atoms with Crippen LogP contribution in [0.25, 0.3) is 0 Å². The molecule has 2 rings (SSSR count). The van der Waals surface area contributed by atoms with Crippen molar-refractivity contribution in [2.45, 2.75) is 65.1 Å². The molecule has 1 saturated heterocycles. The molecule has 2 fully saturated rings. The van der Waals surface area contributed by atoms with Crippen molar-refractivity contribution in [1.29, 1.82) is 0 Å². The molecule has 1 saturated carbocycles. The van der Waals surface area contributed by atoms with E-state index in [1.165, 1.54) is 0 Å². The van der Waals surface area contributed by atoms with Gasteiger partial charge < -0.3 is 14.7 Å².